The standard InChI is InChI=1S/C27H29ClN2O2/c1-18-14-19(2)16-23(15-18)31-13-7-12-30-26-9-6-5-8-25(26)29-27(30)21(4)32-22-10-11-24(28)20(3)17-22/h5-6,8-11,14-17,21H,7,12-13H2,1-4H3. The maximum Gasteiger partial charge on any atom is 0.153 e. The molecule has 5 heteroatoms. The van der Waals surface area contributed by atoms with E-state index in [9.17, 15) is 0 Å². The van der Waals surface area contributed by atoms with E-state index < -0.39 is 0 Å². The number of fused-ring (bicyclic) bond motifs is 1. The lowest BCUT2D eigenvalue weighted by molar-refractivity contribution is 0.210. The summed E-state index contributed by atoms with van der Waals surface area (Å²) < 4.78 is 14.5. The van der Waals surface area contributed by atoms with Crippen LogP contribution in [0.5, 0.6) is 11.5 Å². The van der Waals surface area contributed by atoms with Crippen LogP contribution in [0.1, 0.15) is 42.0 Å². The summed E-state index contributed by atoms with van der Waals surface area (Å²) in [5.41, 5.74) is 5.50. The lowest BCUT2D eigenvalue weighted by atomic mass is 10.1. The smallest absolute Gasteiger partial charge is 0.153 e. The average molecular weight is 449 g/mol. The fourth-order valence-corrected chi connectivity index (χ4v) is 4.13. The molecule has 0 spiro atoms. The van der Waals surface area contributed by atoms with E-state index in [0.29, 0.717) is 6.61 Å². The van der Waals surface area contributed by atoms with Gasteiger partial charge in [0.05, 0.1) is 17.6 Å². The summed E-state index contributed by atoms with van der Waals surface area (Å²) in [6.07, 6.45) is 0.663. The molecule has 1 aromatic heterocycles. The van der Waals surface area contributed by atoms with Gasteiger partial charge in [0, 0.05) is 11.6 Å². The number of benzene rings is 3. The Morgan fingerprint density at radius 3 is 2.44 bits per heavy atom. The van der Waals surface area contributed by atoms with Crippen molar-refractivity contribution in [3.05, 3.63) is 88.2 Å². The fourth-order valence-electron chi connectivity index (χ4n) is 4.02. The molecule has 0 amide bonds. The summed E-state index contributed by atoms with van der Waals surface area (Å²) in [4.78, 5) is 4.88. The molecule has 0 bridgehead atoms. The van der Waals surface area contributed by atoms with E-state index in [0.717, 1.165) is 51.9 Å². The number of hydrogen-bond acceptors (Lipinski definition) is 3. The molecular formula is C27H29ClN2O2. The van der Waals surface area contributed by atoms with Crippen LogP contribution in [0.15, 0.2) is 60.7 Å². The van der Waals surface area contributed by atoms with Gasteiger partial charge in [-0.15, -0.1) is 0 Å². The quantitative estimate of drug-likeness (QED) is 0.267. The van der Waals surface area contributed by atoms with Crippen molar-refractivity contribution in [3.8, 4) is 11.5 Å². The van der Waals surface area contributed by atoms with Gasteiger partial charge in [-0.25, -0.2) is 4.98 Å². The molecule has 0 aliphatic heterocycles. The molecule has 0 aliphatic rings. The van der Waals surface area contributed by atoms with Crippen molar-refractivity contribution in [1.82, 2.24) is 9.55 Å². The molecular weight excluding hydrogens is 420 g/mol. The Labute approximate surface area is 194 Å². The SMILES string of the molecule is Cc1cc(C)cc(OCCCn2c(C(C)Oc3ccc(Cl)c(C)c3)nc3ccccc32)c1. The summed E-state index contributed by atoms with van der Waals surface area (Å²) in [6, 6.07) is 20.2. The van der Waals surface area contributed by atoms with Gasteiger partial charge < -0.3 is 14.0 Å². The van der Waals surface area contributed by atoms with Gasteiger partial charge in [-0.2, -0.15) is 0 Å². The van der Waals surface area contributed by atoms with Gasteiger partial charge in [-0.1, -0.05) is 29.8 Å². The third-order valence-corrected chi connectivity index (χ3v) is 5.90. The zero-order valence-electron chi connectivity index (χ0n) is 19.1. The van der Waals surface area contributed by atoms with Crippen molar-refractivity contribution in [2.24, 2.45) is 0 Å². The molecule has 1 heterocycles. The van der Waals surface area contributed by atoms with Crippen LogP contribution >= 0.6 is 11.6 Å². The van der Waals surface area contributed by atoms with Crippen LogP contribution in [-0.2, 0) is 6.54 Å². The van der Waals surface area contributed by atoms with Gasteiger partial charge in [-0.05, 0) is 93.3 Å². The Bertz CT molecular complexity index is 1210. The number of ether oxygens (including phenoxy) is 2. The molecule has 166 valence electrons. The van der Waals surface area contributed by atoms with Gasteiger partial charge in [-0.3, -0.25) is 0 Å². The molecule has 1 atom stereocenters. The molecule has 4 nitrogen and oxygen atoms in total. The van der Waals surface area contributed by atoms with Gasteiger partial charge in [0.15, 0.2) is 11.9 Å². The summed E-state index contributed by atoms with van der Waals surface area (Å²) in [5, 5.41) is 0.737. The van der Waals surface area contributed by atoms with E-state index >= 15 is 0 Å². The molecule has 32 heavy (non-hydrogen) atoms. The number of nitrogens with zero attached hydrogens (tertiary/aromatic N) is 2. The van der Waals surface area contributed by atoms with Crippen molar-refractivity contribution < 1.29 is 9.47 Å². The molecule has 0 radical (unpaired) electrons. The summed E-state index contributed by atoms with van der Waals surface area (Å²) in [6.45, 7) is 9.63. The zero-order chi connectivity index (χ0) is 22.7. The highest BCUT2D eigenvalue weighted by Gasteiger charge is 2.18. The molecule has 3 aromatic carbocycles. The minimum absolute atomic E-state index is 0.205. The second kappa shape index (κ2) is 9.66. The van der Waals surface area contributed by atoms with Crippen molar-refractivity contribution in [2.45, 2.75) is 46.8 Å². The normalized spacial score (nSPS) is 12.2. The first kappa shape index (κ1) is 22.2. The predicted octanol–water partition coefficient (Wildman–Crippen LogP) is 7.22. The first-order chi connectivity index (χ1) is 15.4. The molecule has 4 aromatic rings. The zero-order valence-corrected chi connectivity index (χ0v) is 19.8. The van der Waals surface area contributed by atoms with Crippen LogP contribution in [0.2, 0.25) is 5.02 Å². The number of rotatable bonds is 8. The Morgan fingerprint density at radius 1 is 0.938 bits per heavy atom. The highest BCUT2D eigenvalue weighted by atomic mass is 35.5. The van der Waals surface area contributed by atoms with Gasteiger partial charge >= 0.3 is 0 Å². The molecule has 0 fully saturated rings. The topological polar surface area (TPSA) is 36.3 Å². The highest BCUT2D eigenvalue weighted by Crippen LogP contribution is 2.28. The van der Waals surface area contributed by atoms with Crippen molar-refractivity contribution >= 4 is 22.6 Å². The van der Waals surface area contributed by atoms with Crippen LogP contribution in [0.3, 0.4) is 0 Å². The number of hydrogen-bond donors (Lipinski definition) is 0. The van der Waals surface area contributed by atoms with E-state index in [4.69, 9.17) is 26.1 Å². The number of aromatic nitrogens is 2. The Hall–Kier alpha value is -2.98. The van der Waals surface area contributed by atoms with Gasteiger partial charge in [0.25, 0.3) is 0 Å². The lowest BCUT2D eigenvalue weighted by Crippen LogP contribution is -2.13. The number of halogens is 1. The van der Waals surface area contributed by atoms with E-state index in [1.54, 1.807) is 0 Å². The Kier molecular flexibility index (Phi) is 6.71. The van der Waals surface area contributed by atoms with Crippen LogP contribution in [0.25, 0.3) is 11.0 Å². The van der Waals surface area contributed by atoms with Crippen molar-refractivity contribution in [2.75, 3.05) is 6.61 Å². The van der Waals surface area contributed by atoms with Crippen LogP contribution in [0, 0.1) is 20.8 Å². The first-order valence-corrected chi connectivity index (χ1v) is 11.4. The summed E-state index contributed by atoms with van der Waals surface area (Å²) in [7, 11) is 0. The number of imidazole rings is 1. The van der Waals surface area contributed by atoms with Crippen LogP contribution < -0.4 is 9.47 Å². The average Bonchev–Trinajstić information content (AvgIpc) is 3.12. The van der Waals surface area contributed by atoms with Crippen LogP contribution in [-0.4, -0.2) is 16.2 Å². The van der Waals surface area contributed by atoms with E-state index in [-0.39, 0.29) is 6.10 Å². The third-order valence-electron chi connectivity index (χ3n) is 5.48. The van der Waals surface area contributed by atoms with Gasteiger partial charge in [0.2, 0.25) is 0 Å². The molecule has 4 rings (SSSR count). The molecule has 0 saturated carbocycles. The second-order valence-corrected chi connectivity index (χ2v) is 8.71. The van der Waals surface area contributed by atoms with E-state index in [1.165, 1.54) is 11.1 Å². The Morgan fingerprint density at radius 2 is 1.69 bits per heavy atom. The highest BCUT2D eigenvalue weighted by molar-refractivity contribution is 6.31. The maximum absolute atomic E-state index is 6.24. The third kappa shape index (κ3) is 5.08. The predicted molar refractivity (Wildman–Crippen MR) is 131 cm³/mol. The second-order valence-electron chi connectivity index (χ2n) is 8.31. The molecule has 0 aliphatic carbocycles. The minimum Gasteiger partial charge on any atom is -0.494 e. The lowest BCUT2D eigenvalue weighted by Gasteiger charge is -2.17. The van der Waals surface area contributed by atoms with Gasteiger partial charge in [0.1, 0.15) is 11.5 Å². The van der Waals surface area contributed by atoms with E-state index in [1.807, 2.05) is 50.2 Å². The summed E-state index contributed by atoms with van der Waals surface area (Å²) >= 11 is 6.16. The molecule has 0 N–H and O–H groups in total. The number of aryl methyl sites for hydroxylation is 4. The molecule has 1 unspecified atom stereocenters. The maximum atomic E-state index is 6.24. The number of para-hydroxylation sites is 2. The minimum atomic E-state index is -0.205. The molecule has 0 saturated heterocycles. The largest absolute Gasteiger partial charge is 0.494 e. The monoisotopic (exact) mass is 448 g/mol. The summed E-state index contributed by atoms with van der Waals surface area (Å²) in [5.74, 6) is 2.62. The van der Waals surface area contributed by atoms with Crippen molar-refractivity contribution in [3.63, 3.8) is 0 Å². The fraction of sp³-hybridized carbons (Fsp3) is 0.296. The Balaban J connectivity index is 1.50. The van der Waals surface area contributed by atoms with E-state index in [2.05, 4.69) is 42.7 Å². The van der Waals surface area contributed by atoms with Crippen molar-refractivity contribution in [1.29, 1.82) is 0 Å². The first-order valence-electron chi connectivity index (χ1n) is 11.0. The van der Waals surface area contributed by atoms with Crippen LogP contribution in [0.4, 0.5) is 0 Å².